The monoisotopic (exact) mass is 534 g/mol. The van der Waals surface area contributed by atoms with Crippen molar-refractivity contribution in [1.29, 1.82) is 0 Å². The first-order valence-electron chi connectivity index (χ1n) is 8.46. The average Bonchev–Trinajstić information content (AvgIpc) is 3.26. The largest absolute Gasteiger partial charge is 0.374 e. The van der Waals surface area contributed by atoms with E-state index in [-0.39, 0.29) is 18.1 Å². The van der Waals surface area contributed by atoms with Gasteiger partial charge in [-0.2, -0.15) is 0 Å². The van der Waals surface area contributed by atoms with Crippen LogP contribution in [0.1, 0.15) is 28.8 Å². The minimum atomic E-state index is 0.0747. The van der Waals surface area contributed by atoms with Gasteiger partial charge in [0.15, 0.2) is 5.78 Å². The van der Waals surface area contributed by atoms with Crippen molar-refractivity contribution >= 4 is 51.0 Å². The molecule has 3 nitrogen and oxygen atoms in total. The Bertz CT molecular complexity index is 748. The number of benzene rings is 1. The second kappa shape index (κ2) is 4.71. The van der Waals surface area contributed by atoms with E-state index in [1.807, 2.05) is 0 Å². The number of ketones is 1. The Morgan fingerprint density at radius 1 is 1.00 bits per heavy atom. The SMILES string of the molecule is O=C1c2cc(I)cc(I)c2CC2C3OC(C12)C1C2CCC(O2)C31. The highest BCUT2D eigenvalue weighted by molar-refractivity contribution is 14.1. The van der Waals surface area contributed by atoms with E-state index in [4.69, 9.17) is 9.47 Å². The number of halogens is 2. The molecule has 120 valence electrons. The van der Waals surface area contributed by atoms with Crippen molar-refractivity contribution in [3.05, 3.63) is 30.4 Å². The second-order valence-corrected chi connectivity index (χ2v) is 10.1. The third kappa shape index (κ3) is 1.70. The van der Waals surface area contributed by atoms with Crippen molar-refractivity contribution in [1.82, 2.24) is 0 Å². The Hall–Kier alpha value is 0.270. The lowest BCUT2D eigenvalue weighted by molar-refractivity contribution is -0.000405. The quantitative estimate of drug-likeness (QED) is 0.479. The maximum atomic E-state index is 13.3. The Kier molecular flexibility index (Phi) is 2.95. The van der Waals surface area contributed by atoms with E-state index in [1.165, 1.54) is 15.6 Å². The van der Waals surface area contributed by atoms with Gasteiger partial charge < -0.3 is 9.47 Å². The summed E-state index contributed by atoms with van der Waals surface area (Å²) in [6.45, 7) is 0. The zero-order valence-electron chi connectivity index (χ0n) is 12.4. The van der Waals surface area contributed by atoms with E-state index in [0.717, 1.165) is 22.0 Å². The van der Waals surface area contributed by atoms with Crippen LogP contribution in [0.3, 0.4) is 0 Å². The van der Waals surface area contributed by atoms with Crippen LogP contribution in [0.25, 0.3) is 0 Å². The average molecular weight is 534 g/mol. The van der Waals surface area contributed by atoms with Gasteiger partial charge in [0, 0.05) is 30.5 Å². The van der Waals surface area contributed by atoms with E-state index in [9.17, 15) is 4.79 Å². The van der Waals surface area contributed by atoms with Gasteiger partial charge in [-0.15, -0.1) is 0 Å². The van der Waals surface area contributed by atoms with Crippen molar-refractivity contribution in [2.45, 2.75) is 43.7 Å². The van der Waals surface area contributed by atoms with Crippen LogP contribution >= 0.6 is 45.2 Å². The fourth-order valence-electron chi connectivity index (χ4n) is 6.17. The van der Waals surface area contributed by atoms with E-state index in [1.54, 1.807) is 0 Å². The van der Waals surface area contributed by atoms with Gasteiger partial charge >= 0.3 is 0 Å². The Morgan fingerprint density at radius 2 is 1.74 bits per heavy atom. The van der Waals surface area contributed by atoms with Gasteiger partial charge in [0.2, 0.25) is 0 Å². The van der Waals surface area contributed by atoms with Crippen LogP contribution in [0.5, 0.6) is 0 Å². The third-order valence-corrected chi connectivity index (χ3v) is 8.45. The molecule has 0 N–H and O–H groups in total. The fraction of sp³-hybridized carbons (Fsp3) is 0.611. The first-order chi connectivity index (χ1) is 11.1. The molecule has 0 amide bonds. The smallest absolute Gasteiger partial charge is 0.169 e. The number of carbonyl (C=O) groups excluding carboxylic acids is 1. The molecule has 5 aliphatic rings. The van der Waals surface area contributed by atoms with Crippen LogP contribution < -0.4 is 0 Å². The predicted octanol–water partition coefficient (Wildman–Crippen LogP) is 3.44. The predicted molar refractivity (Wildman–Crippen MR) is 100 cm³/mol. The zero-order chi connectivity index (χ0) is 15.5. The summed E-state index contributed by atoms with van der Waals surface area (Å²) in [6, 6.07) is 4.27. The molecule has 4 bridgehead atoms. The van der Waals surface area contributed by atoms with Crippen LogP contribution in [0.4, 0.5) is 0 Å². The number of ether oxygens (including phenoxy) is 2. The lowest BCUT2D eigenvalue weighted by Gasteiger charge is -2.40. The number of carbonyl (C=O) groups is 1. The second-order valence-electron chi connectivity index (χ2n) is 7.68. The lowest BCUT2D eigenvalue weighted by Crippen LogP contribution is -2.50. The number of fused-ring (bicyclic) bond motifs is 13. The molecule has 4 saturated heterocycles. The molecule has 4 heterocycles. The number of hydrogen-bond donors (Lipinski definition) is 0. The molecule has 1 aliphatic carbocycles. The molecule has 8 unspecified atom stereocenters. The third-order valence-electron chi connectivity index (χ3n) is 6.87. The first-order valence-corrected chi connectivity index (χ1v) is 10.6. The molecule has 0 radical (unpaired) electrons. The van der Waals surface area contributed by atoms with Crippen molar-refractivity contribution < 1.29 is 14.3 Å². The molecule has 1 aromatic rings. The molecule has 1 aromatic carbocycles. The van der Waals surface area contributed by atoms with Gasteiger partial charge in [-0.05, 0) is 82.1 Å². The molecule has 8 atom stereocenters. The molecule has 6 rings (SSSR count). The number of rotatable bonds is 0. The van der Waals surface area contributed by atoms with Gasteiger partial charge in [-0.1, -0.05) is 0 Å². The van der Waals surface area contributed by atoms with Crippen LogP contribution in [0, 0.1) is 30.8 Å². The number of Topliss-reactive ketones (excluding diaryl/α,β-unsaturated/α-hetero) is 1. The summed E-state index contributed by atoms with van der Waals surface area (Å²) < 4.78 is 15.0. The van der Waals surface area contributed by atoms with Gasteiger partial charge in [0.25, 0.3) is 0 Å². The highest BCUT2D eigenvalue weighted by Crippen LogP contribution is 2.62. The van der Waals surface area contributed by atoms with E-state index in [2.05, 4.69) is 57.3 Å². The summed E-state index contributed by atoms with van der Waals surface area (Å²) in [5.74, 6) is 1.81. The minimum Gasteiger partial charge on any atom is -0.374 e. The molecular formula is C18H16I2O3. The molecular weight excluding hydrogens is 518 g/mol. The maximum absolute atomic E-state index is 13.3. The van der Waals surface area contributed by atoms with E-state index in [0.29, 0.717) is 35.7 Å². The summed E-state index contributed by atoms with van der Waals surface area (Å²) in [4.78, 5) is 13.3. The molecule has 4 aliphatic heterocycles. The lowest BCUT2D eigenvalue weighted by atomic mass is 9.59. The van der Waals surface area contributed by atoms with Gasteiger partial charge in [-0.25, -0.2) is 0 Å². The molecule has 0 aromatic heterocycles. The van der Waals surface area contributed by atoms with E-state index >= 15 is 0 Å². The normalized spacial score (nSPS) is 48.5. The van der Waals surface area contributed by atoms with Gasteiger partial charge in [0.1, 0.15) is 0 Å². The molecule has 0 spiro atoms. The number of hydrogen-bond acceptors (Lipinski definition) is 3. The van der Waals surface area contributed by atoms with Crippen LogP contribution in [0.2, 0.25) is 0 Å². The fourth-order valence-corrected chi connectivity index (χ4v) is 8.23. The molecule has 23 heavy (non-hydrogen) atoms. The topological polar surface area (TPSA) is 35.5 Å². The standard InChI is InChI=1S/C18H16I2O3/c19-6-3-8-7(10(20)4-6)5-9-13(16(8)21)18-15-12-2-1-11(22-12)14(15)17(9)23-18/h3-4,9,11-15,17-18H,1-2,5H2. The summed E-state index contributed by atoms with van der Waals surface area (Å²) in [5, 5.41) is 0. The van der Waals surface area contributed by atoms with Crippen molar-refractivity contribution in [3.8, 4) is 0 Å². The van der Waals surface area contributed by atoms with Crippen LogP contribution in [0.15, 0.2) is 12.1 Å². The highest BCUT2D eigenvalue weighted by Gasteiger charge is 2.70. The summed E-state index contributed by atoms with van der Waals surface area (Å²) in [6.07, 6.45) is 4.47. The minimum absolute atomic E-state index is 0.0747. The van der Waals surface area contributed by atoms with Crippen molar-refractivity contribution in [2.75, 3.05) is 0 Å². The summed E-state index contributed by atoms with van der Waals surface area (Å²) in [5.41, 5.74) is 2.22. The summed E-state index contributed by atoms with van der Waals surface area (Å²) >= 11 is 4.71. The van der Waals surface area contributed by atoms with Crippen LogP contribution in [-0.2, 0) is 15.9 Å². The Labute approximate surface area is 162 Å². The molecule has 4 fully saturated rings. The van der Waals surface area contributed by atoms with E-state index < -0.39 is 0 Å². The Morgan fingerprint density at radius 3 is 2.52 bits per heavy atom. The van der Waals surface area contributed by atoms with Crippen LogP contribution in [-0.4, -0.2) is 30.2 Å². The Balaban J connectivity index is 1.47. The molecule has 5 heteroatoms. The molecule has 0 saturated carbocycles. The summed E-state index contributed by atoms with van der Waals surface area (Å²) in [7, 11) is 0. The van der Waals surface area contributed by atoms with Crippen molar-refractivity contribution in [2.24, 2.45) is 23.7 Å². The maximum Gasteiger partial charge on any atom is 0.169 e. The van der Waals surface area contributed by atoms with Gasteiger partial charge in [-0.3, -0.25) is 4.79 Å². The van der Waals surface area contributed by atoms with Crippen molar-refractivity contribution in [3.63, 3.8) is 0 Å². The van der Waals surface area contributed by atoms with Gasteiger partial charge in [0.05, 0.1) is 30.3 Å². The highest BCUT2D eigenvalue weighted by atomic mass is 127. The zero-order valence-corrected chi connectivity index (χ0v) is 16.7. The first kappa shape index (κ1) is 14.4.